The van der Waals surface area contributed by atoms with Crippen molar-refractivity contribution in [2.45, 2.75) is 26.3 Å². The van der Waals surface area contributed by atoms with E-state index < -0.39 is 5.97 Å². The second-order valence-corrected chi connectivity index (χ2v) is 3.17. The number of aromatic nitrogens is 1. The molecule has 1 rings (SSSR count). The van der Waals surface area contributed by atoms with Crippen LogP contribution in [0, 0.1) is 6.92 Å². The first-order valence-electron chi connectivity index (χ1n) is 4.48. The van der Waals surface area contributed by atoms with E-state index in [1.54, 1.807) is 6.07 Å². The van der Waals surface area contributed by atoms with Gasteiger partial charge in [0.25, 0.3) is 0 Å². The number of carboxylic acids is 1. The van der Waals surface area contributed by atoms with E-state index in [1.807, 2.05) is 17.6 Å². The summed E-state index contributed by atoms with van der Waals surface area (Å²) < 4.78 is 1.83. The lowest BCUT2D eigenvalue weighted by Gasteiger charge is -2.06. The van der Waals surface area contributed by atoms with Crippen LogP contribution in [0.4, 0.5) is 0 Å². The minimum atomic E-state index is -0.803. The molecular weight excluding hydrogens is 182 g/mol. The fraction of sp³-hybridized carbons (Fsp3) is 0.400. The Kier molecular flexibility index (Phi) is 3.45. The molecular formula is C10H13NO3. The van der Waals surface area contributed by atoms with E-state index in [9.17, 15) is 9.59 Å². The third kappa shape index (κ3) is 2.45. The molecule has 0 saturated carbocycles. The molecule has 0 atom stereocenters. The van der Waals surface area contributed by atoms with Gasteiger partial charge in [0.1, 0.15) is 0 Å². The standard InChI is InChI=1S/C10H13NO3/c1-8-4-5-9(7-12)11(8)6-2-3-10(13)14/h4-5,7H,2-3,6H2,1H3,(H,13,14). The number of nitrogens with zero attached hydrogens (tertiary/aromatic N) is 1. The Morgan fingerprint density at radius 2 is 2.29 bits per heavy atom. The number of aryl methyl sites for hydroxylation is 1. The lowest BCUT2D eigenvalue weighted by Crippen LogP contribution is -2.06. The van der Waals surface area contributed by atoms with Crippen molar-refractivity contribution in [1.82, 2.24) is 4.57 Å². The van der Waals surface area contributed by atoms with Crippen LogP contribution < -0.4 is 0 Å². The summed E-state index contributed by atoms with van der Waals surface area (Å²) in [6, 6.07) is 3.59. The Morgan fingerprint density at radius 1 is 1.57 bits per heavy atom. The topological polar surface area (TPSA) is 59.3 Å². The number of aldehydes is 1. The van der Waals surface area contributed by atoms with Crippen molar-refractivity contribution in [2.24, 2.45) is 0 Å². The molecule has 76 valence electrons. The lowest BCUT2D eigenvalue weighted by molar-refractivity contribution is -0.137. The van der Waals surface area contributed by atoms with Crippen LogP contribution in [0.3, 0.4) is 0 Å². The van der Waals surface area contributed by atoms with Gasteiger partial charge in [-0.25, -0.2) is 0 Å². The molecule has 0 fully saturated rings. The number of rotatable bonds is 5. The van der Waals surface area contributed by atoms with Crippen LogP contribution in [0.25, 0.3) is 0 Å². The molecule has 1 aromatic heterocycles. The van der Waals surface area contributed by atoms with Crippen LogP contribution in [0.1, 0.15) is 29.0 Å². The van der Waals surface area contributed by atoms with E-state index in [-0.39, 0.29) is 6.42 Å². The maximum absolute atomic E-state index is 10.6. The Hall–Kier alpha value is -1.58. The summed E-state index contributed by atoms with van der Waals surface area (Å²) in [4.78, 5) is 20.9. The first-order valence-corrected chi connectivity index (χ1v) is 4.48. The summed E-state index contributed by atoms with van der Waals surface area (Å²) in [5.74, 6) is -0.803. The van der Waals surface area contributed by atoms with E-state index in [0.29, 0.717) is 18.7 Å². The molecule has 0 aliphatic heterocycles. The van der Waals surface area contributed by atoms with Gasteiger partial charge in [0.05, 0.1) is 5.69 Å². The molecule has 4 heteroatoms. The zero-order valence-corrected chi connectivity index (χ0v) is 8.06. The van der Waals surface area contributed by atoms with Crippen LogP contribution in [-0.4, -0.2) is 21.9 Å². The molecule has 0 unspecified atom stereocenters. The molecule has 0 saturated heterocycles. The van der Waals surface area contributed by atoms with Gasteiger partial charge in [-0.05, 0) is 25.5 Å². The number of carbonyl (C=O) groups excluding carboxylic acids is 1. The van der Waals surface area contributed by atoms with Crippen LogP contribution in [-0.2, 0) is 11.3 Å². The maximum Gasteiger partial charge on any atom is 0.303 e. The van der Waals surface area contributed by atoms with Gasteiger partial charge in [-0.2, -0.15) is 0 Å². The predicted molar refractivity (Wildman–Crippen MR) is 51.4 cm³/mol. The highest BCUT2D eigenvalue weighted by molar-refractivity contribution is 5.72. The molecule has 4 nitrogen and oxygen atoms in total. The largest absolute Gasteiger partial charge is 0.481 e. The molecule has 0 aromatic carbocycles. The third-order valence-electron chi connectivity index (χ3n) is 2.13. The summed E-state index contributed by atoms with van der Waals surface area (Å²) in [6.45, 7) is 2.48. The smallest absolute Gasteiger partial charge is 0.303 e. The van der Waals surface area contributed by atoms with Crippen molar-refractivity contribution in [3.05, 3.63) is 23.5 Å². The molecule has 1 heterocycles. The lowest BCUT2D eigenvalue weighted by atomic mass is 10.3. The number of hydrogen-bond donors (Lipinski definition) is 1. The van der Waals surface area contributed by atoms with Gasteiger partial charge < -0.3 is 9.67 Å². The van der Waals surface area contributed by atoms with Gasteiger partial charge in [-0.3, -0.25) is 9.59 Å². The molecule has 1 N–H and O–H groups in total. The van der Waals surface area contributed by atoms with E-state index in [1.165, 1.54) is 0 Å². The monoisotopic (exact) mass is 195 g/mol. The van der Waals surface area contributed by atoms with Crippen LogP contribution >= 0.6 is 0 Å². The second-order valence-electron chi connectivity index (χ2n) is 3.17. The molecule has 14 heavy (non-hydrogen) atoms. The Balaban J connectivity index is 2.60. The van der Waals surface area contributed by atoms with Gasteiger partial charge in [0.15, 0.2) is 6.29 Å². The minimum Gasteiger partial charge on any atom is -0.481 e. The van der Waals surface area contributed by atoms with Crippen molar-refractivity contribution in [1.29, 1.82) is 0 Å². The summed E-state index contributed by atoms with van der Waals surface area (Å²) in [5.41, 5.74) is 1.59. The highest BCUT2D eigenvalue weighted by Crippen LogP contribution is 2.08. The normalized spacial score (nSPS) is 10.1. The van der Waals surface area contributed by atoms with Crippen molar-refractivity contribution < 1.29 is 14.7 Å². The average Bonchev–Trinajstić information content (AvgIpc) is 2.47. The highest BCUT2D eigenvalue weighted by Gasteiger charge is 2.04. The maximum atomic E-state index is 10.6. The van der Waals surface area contributed by atoms with Gasteiger partial charge >= 0.3 is 5.97 Å². The van der Waals surface area contributed by atoms with Crippen LogP contribution in [0.15, 0.2) is 12.1 Å². The fourth-order valence-corrected chi connectivity index (χ4v) is 1.39. The van der Waals surface area contributed by atoms with Crippen molar-refractivity contribution in [2.75, 3.05) is 0 Å². The first kappa shape index (κ1) is 10.5. The van der Waals surface area contributed by atoms with E-state index in [4.69, 9.17) is 5.11 Å². The molecule has 0 amide bonds. The Morgan fingerprint density at radius 3 is 2.86 bits per heavy atom. The molecule has 0 bridgehead atoms. The van der Waals surface area contributed by atoms with Crippen LogP contribution in [0.2, 0.25) is 0 Å². The van der Waals surface area contributed by atoms with E-state index in [2.05, 4.69) is 0 Å². The third-order valence-corrected chi connectivity index (χ3v) is 2.13. The number of carboxylic acid groups (broad SMARTS) is 1. The van der Waals surface area contributed by atoms with Gasteiger partial charge in [-0.15, -0.1) is 0 Å². The Bertz CT molecular complexity index is 341. The van der Waals surface area contributed by atoms with Crippen molar-refractivity contribution in [3.8, 4) is 0 Å². The van der Waals surface area contributed by atoms with E-state index >= 15 is 0 Å². The zero-order valence-electron chi connectivity index (χ0n) is 8.06. The second kappa shape index (κ2) is 4.60. The van der Waals surface area contributed by atoms with Gasteiger partial charge in [0, 0.05) is 18.7 Å². The van der Waals surface area contributed by atoms with Crippen LogP contribution in [0.5, 0.6) is 0 Å². The molecule has 0 aliphatic carbocycles. The number of carbonyl (C=O) groups is 2. The summed E-state index contributed by atoms with van der Waals surface area (Å²) in [6.07, 6.45) is 1.47. The summed E-state index contributed by atoms with van der Waals surface area (Å²) >= 11 is 0. The fourth-order valence-electron chi connectivity index (χ4n) is 1.39. The molecule has 0 spiro atoms. The van der Waals surface area contributed by atoms with Crippen molar-refractivity contribution in [3.63, 3.8) is 0 Å². The molecule has 0 radical (unpaired) electrons. The quantitative estimate of drug-likeness (QED) is 0.724. The highest BCUT2D eigenvalue weighted by atomic mass is 16.4. The minimum absolute atomic E-state index is 0.135. The molecule has 0 aliphatic rings. The summed E-state index contributed by atoms with van der Waals surface area (Å²) in [7, 11) is 0. The summed E-state index contributed by atoms with van der Waals surface area (Å²) in [5, 5.41) is 8.46. The van der Waals surface area contributed by atoms with E-state index in [0.717, 1.165) is 12.0 Å². The number of aliphatic carboxylic acids is 1. The van der Waals surface area contributed by atoms with Gasteiger partial charge in [0.2, 0.25) is 0 Å². The first-order chi connectivity index (χ1) is 6.65. The zero-order chi connectivity index (χ0) is 10.6. The number of hydrogen-bond acceptors (Lipinski definition) is 2. The Labute approximate surface area is 82.2 Å². The van der Waals surface area contributed by atoms with Gasteiger partial charge in [-0.1, -0.05) is 0 Å². The average molecular weight is 195 g/mol. The molecule has 1 aromatic rings. The predicted octanol–water partition coefficient (Wildman–Crippen LogP) is 1.47. The SMILES string of the molecule is Cc1ccc(C=O)n1CCCC(=O)O. The van der Waals surface area contributed by atoms with Crippen molar-refractivity contribution >= 4 is 12.3 Å².